The molecule has 0 aromatic carbocycles. The van der Waals surface area contributed by atoms with Crippen LogP contribution < -0.4 is 11.9 Å². The molecule has 0 bridgehead atoms. The molecule has 0 unspecified atom stereocenters. The number of hydrogen-bond donors (Lipinski definition) is 2. The van der Waals surface area contributed by atoms with Gasteiger partial charge in [0.05, 0.1) is 0 Å². The Hall–Kier alpha value is -0.380. The van der Waals surface area contributed by atoms with E-state index in [2.05, 4.69) is 5.73 Å². The Kier molecular flexibility index (Phi) is 12.9. The van der Waals surface area contributed by atoms with Crippen LogP contribution in [0.1, 0.15) is 0 Å². The summed E-state index contributed by atoms with van der Waals surface area (Å²) in [5.41, 5.74) is 4.50. The van der Waals surface area contributed by atoms with Crippen molar-refractivity contribution in [3.8, 4) is 0 Å². The summed E-state index contributed by atoms with van der Waals surface area (Å²) in [7, 11) is 1.50. The summed E-state index contributed by atoms with van der Waals surface area (Å²) in [6, 6.07) is 4.04. The Morgan fingerprint density at radius 3 is 1.62 bits per heavy atom. The molecule has 48 valence electrons. The lowest BCUT2D eigenvalue weighted by Gasteiger charge is -1.39. The van der Waals surface area contributed by atoms with Crippen LogP contribution in [0, 0.1) is 0 Å². The first-order chi connectivity index (χ1) is 3.50. The van der Waals surface area contributed by atoms with Crippen molar-refractivity contribution in [1.29, 1.82) is 0 Å². The van der Waals surface area contributed by atoms with E-state index in [1.165, 1.54) is 7.05 Å². The molecule has 0 saturated heterocycles. The minimum Gasteiger partial charge on any atom is -0.344 e. The topological polar surface area (TPSA) is 61.0 Å². The highest BCUT2D eigenvalue weighted by Gasteiger charge is 1.58. The standard InChI is InChI=1S/C4H4S.CH5N.H3N/c1-2-4-5-3-1;1-2;/h1-4H;2H2,1H3;1H3. The van der Waals surface area contributed by atoms with Crippen LogP contribution in [0.15, 0.2) is 22.9 Å². The third-order valence-electron chi connectivity index (χ3n) is 0.425. The fourth-order valence-electron chi connectivity index (χ4n) is 0.227. The molecule has 0 atom stereocenters. The Bertz CT molecular complexity index is 66.9. The smallest absolute Gasteiger partial charge is 0.00934 e. The Labute approximate surface area is 53.9 Å². The van der Waals surface area contributed by atoms with Gasteiger partial charge in [-0.2, -0.15) is 11.3 Å². The van der Waals surface area contributed by atoms with E-state index >= 15 is 0 Å². The minimum absolute atomic E-state index is 0. The van der Waals surface area contributed by atoms with E-state index < -0.39 is 0 Å². The maximum Gasteiger partial charge on any atom is -0.00934 e. The summed E-state index contributed by atoms with van der Waals surface area (Å²) >= 11 is 1.71. The average molecular weight is 132 g/mol. The molecular formula is C5H12N2S. The molecule has 1 aromatic rings. The van der Waals surface area contributed by atoms with Crippen molar-refractivity contribution >= 4 is 11.3 Å². The molecule has 0 aliphatic rings. The highest BCUT2D eigenvalue weighted by Crippen LogP contribution is 1.91. The van der Waals surface area contributed by atoms with Crippen LogP contribution in [0.5, 0.6) is 0 Å². The van der Waals surface area contributed by atoms with E-state index in [0.29, 0.717) is 0 Å². The largest absolute Gasteiger partial charge is 0.344 e. The van der Waals surface area contributed by atoms with E-state index in [1.54, 1.807) is 11.3 Å². The maximum atomic E-state index is 4.50. The summed E-state index contributed by atoms with van der Waals surface area (Å²) in [5.74, 6) is 0. The van der Waals surface area contributed by atoms with Crippen molar-refractivity contribution < 1.29 is 0 Å². The fraction of sp³-hybridized carbons (Fsp3) is 0.200. The van der Waals surface area contributed by atoms with Crippen LogP contribution in [0.25, 0.3) is 0 Å². The summed E-state index contributed by atoms with van der Waals surface area (Å²) in [5, 5.41) is 4.08. The van der Waals surface area contributed by atoms with Crippen molar-refractivity contribution in [3.63, 3.8) is 0 Å². The maximum absolute atomic E-state index is 4.50. The Balaban J connectivity index is 0. The third-order valence-corrected chi connectivity index (χ3v) is 1.05. The van der Waals surface area contributed by atoms with Gasteiger partial charge in [0.2, 0.25) is 0 Å². The number of nitrogens with two attached hydrogens (primary N) is 1. The highest BCUT2D eigenvalue weighted by atomic mass is 32.1. The fourth-order valence-corrected chi connectivity index (χ4v) is 0.680. The van der Waals surface area contributed by atoms with E-state index in [0.717, 1.165) is 0 Å². The van der Waals surface area contributed by atoms with Gasteiger partial charge in [-0.3, -0.25) is 0 Å². The first-order valence-corrected chi connectivity index (χ1v) is 2.99. The molecule has 0 saturated carbocycles. The zero-order valence-corrected chi connectivity index (χ0v) is 5.82. The molecule has 1 rings (SSSR count). The van der Waals surface area contributed by atoms with Crippen molar-refractivity contribution in [1.82, 2.24) is 6.15 Å². The lowest BCUT2D eigenvalue weighted by Crippen LogP contribution is -1.69. The quantitative estimate of drug-likeness (QED) is 0.561. The van der Waals surface area contributed by atoms with Gasteiger partial charge in [-0.15, -0.1) is 0 Å². The second-order valence-corrected chi connectivity index (χ2v) is 1.61. The summed E-state index contributed by atoms with van der Waals surface area (Å²) < 4.78 is 0. The zero-order chi connectivity index (χ0) is 5.54. The second kappa shape index (κ2) is 9.80. The third kappa shape index (κ3) is 5.62. The van der Waals surface area contributed by atoms with E-state index in [1.807, 2.05) is 22.9 Å². The van der Waals surface area contributed by atoms with Gasteiger partial charge in [-0.25, -0.2) is 0 Å². The molecule has 0 aliphatic heterocycles. The predicted molar refractivity (Wildman–Crippen MR) is 39.5 cm³/mol. The summed E-state index contributed by atoms with van der Waals surface area (Å²) in [6.45, 7) is 0. The molecule has 0 spiro atoms. The number of rotatable bonds is 0. The lowest BCUT2D eigenvalue weighted by molar-refractivity contribution is 1.48. The number of thiophene rings is 1. The minimum atomic E-state index is 0. The van der Waals surface area contributed by atoms with Crippen LogP contribution in [0.2, 0.25) is 0 Å². The van der Waals surface area contributed by atoms with Gasteiger partial charge >= 0.3 is 0 Å². The Morgan fingerprint density at radius 1 is 1.12 bits per heavy atom. The van der Waals surface area contributed by atoms with Gasteiger partial charge in [0.25, 0.3) is 0 Å². The average Bonchev–Trinajstić information content (AvgIpc) is 2.23. The molecule has 8 heavy (non-hydrogen) atoms. The molecule has 0 amide bonds. The molecule has 1 aromatic heterocycles. The molecule has 0 fully saturated rings. The van der Waals surface area contributed by atoms with Crippen LogP contribution in [0.4, 0.5) is 0 Å². The van der Waals surface area contributed by atoms with Gasteiger partial charge in [0.15, 0.2) is 0 Å². The van der Waals surface area contributed by atoms with Crippen molar-refractivity contribution in [3.05, 3.63) is 22.9 Å². The van der Waals surface area contributed by atoms with E-state index in [-0.39, 0.29) is 6.15 Å². The van der Waals surface area contributed by atoms with Crippen LogP contribution in [0.3, 0.4) is 0 Å². The summed E-state index contributed by atoms with van der Waals surface area (Å²) in [6.07, 6.45) is 0. The lowest BCUT2D eigenvalue weighted by atomic mass is 10.7. The SMILES string of the molecule is CN.N.c1ccsc1. The zero-order valence-electron chi connectivity index (χ0n) is 5.00. The van der Waals surface area contributed by atoms with Crippen LogP contribution in [-0.4, -0.2) is 7.05 Å². The van der Waals surface area contributed by atoms with Crippen LogP contribution in [-0.2, 0) is 0 Å². The summed E-state index contributed by atoms with van der Waals surface area (Å²) in [4.78, 5) is 0. The molecule has 2 nitrogen and oxygen atoms in total. The highest BCUT2D eigenvalue weighted by molar-refractivity contribution is 7.07. The van der Waals surface area contributed by atoms with Crippen LogP contribution >= 0.6 is 11.3 Å². The van der Waals surface area contributed by atoms with E-state index in [4.69, 9.17) is 0 Å². The predicted octanol–water partition coefficient (Wildman–Crippen LogP) is 1.48. The number of hydrogen-bond acceptors (Lipinski definition) is 3. The molecule has 0 aliphatic carbocycles. The molecule has 5 N–H and O–H groups in total. The van der Waals surface area contributed by atoms with Gasteiger partial charge < -0.3 is 11.9 Å². The second-order valence-electron chi connectivity index (χ2n) is 0.793. The first kappa shape index (κ1) is 10.6. The molecular weight excluding hydrogens is 120 g/mol. The van der Waals surface area contributed by atoms with Gasteiger partial charge in [0, 0.05) is 0 Å². The molecule has 0 radical (unpaired) electrons. The Morgan fingerprint density at radius 2 is 1.50 bits per heavy atom. The first-order valence-electron chi connectivity index (χ1n) is 2.05. The van der Waals surface area contributed by atoms with E-state index in [9.17, 15) is 0 Å². The normalized spacial score (nSPS) is 5.75. The van der Waals surface area contributed by atoms with Crippen molar-refractivity contribution in [2.75, 3.05) is 7.05 Å². The van der Waals surface area contributed by atoms with Gasteiger partial charge in [0.1, 0.15) is 0 Å². The van der Waals surface area contributed by atoms with Crippen molar-refractivity contribution in [2.24, 2.45) is 5.73 Å². The monoisotopic (exact) mass is 132 g/mol. The van der Waals surface area contributed by atoms with Gasteiger partial charge in [-0.1, -0.05) is 12.1 Å². The molecule has 1 heterocycles. The van der Waals surface area contributed by atoms with Gasteiger partial charge in [-0.05, 0) is 17.8 Å². The molecule has 3 heteroatoms. The van der Waals surface area contributed by atoms with Crippen molar-refractivity contribution in [2.45, 2.75) is 0 Å².